The first kappa shape index (κ1) is 17.6. The fraction of sp³-hybridized carbons (Fsp3) is 0.167. The highest BCUT2D eigenvalue weighted by Crippen LogP contribution is 2.21. The molecular formula is C18H18FN5O2. The van der Waals surface area contributed by atoms with E-state index in [0.29, 0.717) is 5.69 Å². The predicted molar refractivity (Wildman–Crippen MR) is 98.7 cm³/mol. The molecule has 1 aromatic heterocycles. The van der Waals surface area contributed by atoms with Gasteiger partial charge in [-0.05, 0) is 36.8 Å². The molecule has 0 aliphatic heterocycles. The summed E-state index contributed by atoms with van der Waals surface area (Å²) in [5, 5.41) is 7.28. The number of amides is 2. The van der Waals surface area contributed by atoms with E-state index in [1.54, 1.807) is 6.07 Å². The number of nitrogens with zero attached hydrogens (tertiary/aromatic N) is 2. The minimum atomic E-state index is -0.650. The molecule has 3 N–H and O–H groups in total. The third-order valence-electron chi connectivity index (χ3n) is 3.69. The molecule has 1 heterocycles. The van der Waals surface area contributed by atoms with Gasteiger partial charge in [0.2, 0.25) is 5.95 Å². The average molecular weight is 355 g/mol. The predicted octanol–water partition coefficient (Wildman–Crippen LogP) is 4.00. The maximum Gasteiger partial charge on any atom is 0.326 e. The maximum atomic E-state index is 13.8. The van der Waals surface area contributed by atoms with Crippen molar-refractivity contribution in [3.8, 4) is 0 Å². The molecule has 0 radical (unpaired) electrons. The van der Waals surface area contributed by atoms with Crippen molar-refractivity contribution >= 4 is 34.3 Å². The van der Waals surface area contributed by atoms with Crippen molar-refractivity contribution in [3.63, 3.8) is 0 Å². The van der Waals surface area contributed by atoms with Crippen LogP contribution in [0.1, 0.15) is 11.3 Å². The molecule has 0 unspecified atom stereocenters. The van der Waals surface area contributed by atoms with Crippen LogP contribution in [0.25, 0.3) is 10.8 Å². The van der Waals surface area contributed by atoms with Gasteiger partial charge in [0.25, 0.3) is 0 Å². The van der Waals surface area contributed by atoms with E-state index in [9.17, 15) is 9.18 Å². The summed E-state index contributed by atoms with van der Waals surface area (Å²) in [6.07, 6.45) is 0. The molecule has 0 saturated carbocycles. The topological polar surface area (TPSA) is 88.2 Å². The molecular weight excluding hydrogens is 337 g/mol. The molecule has 2 aromatic carbocycles. The van der Waals surface area contributed by atoms with E-state index in [0.717, 1.165) is 10.8 Å². The Kier molecular flexibility index (Phi) is 4.94. The second kappa shape index (κ2) is 7.32. The number of fused-ring (bicyclic) bond motifs is 1. The molecule has 7 nitrogen and oxygen atoms in total. The smallest absolute Gasteiger partial charge is 0.308 e. The molecule has 0 bridgehead atoms. The zero-order chi connectivity index (χ0) is 18.7. The summed E-state index contributed by atoms with van der Waals surface area (Å²) in [5.41, 5.74) is 4.17. The van der Waals surface area contributed by atoms with E-state index in [1.807, 2.05) is 31.2 Å². The second-order valence-corrected chi connectivity index (χ2v) is 5.75. The fourth-order valence-electron chi connectivity index (χ4n) is 2.49. The Morgan fingerprint density at radius 3 is 2.54 bits per heavy atom. The molecule has 2 amide bonds. The van der Waals surface area contributed by atoms with Gasteiger partial charge in [-0.25, -0.2) is 19.6 Å². The highest BCUT2D eigenvalue weighted by atomic mass is 19.1. The van der Waals surface area contributed by atoms with Crippen LogP contribution < -0.4 is 16.1 Å². The van der Waals surface area contributed by atoms with Crippen molar-refractivity contribution in [2.24, 2.45) is 0 Å². The normalized spacial score (nSPS) is 10.6. The average Bonchev–Trinajstić information content (AvgIpc) is 2.59. The number of rotatable bonds is 4. The van der Waals surface area contributed by atoms with E-state index in [1.165, 1.54) is 19.6 Å². The number of urea groups is 1. The zero-order valence-electron chi connectivity index (χ0n) is 14.6. The number of aromatic nitrogens is 2. The molecule has 0 aliphatic rings. The lowest BCUT2D eigenvalue weighted by molar-refractivity contribution is 0.261. The number of hydrogen-bond donors (Lipinski definition) is 3. The number of aryl methyl sites for hydroxylation is 2. The number of carbonyl (C=O) groups is 1. The summed E-state index contributed by atoms with van der Waals surface area (Å²) in [6, 6.07) is 11.1. The van der Waals surface area contributed by atoms with Gasteiger partial charge in [-0.3, -0.25) is 10.2 Å². The lowest BCUT2D eigenvalue weighted by atomic mass is 10.1. The summed E-state index contributed by atoms with van der Waals surface area (Å²) in [7, 11) is 1.33. The highest BCUT2D eigenvalue weighted by Gasteiger charge is 2.13. The molecule has 0 atom stereocenters. The van der Waals surface area contributed by atoms with Crippen LogP contribution in [0.3, 0.4) is 0 Å². The first-order valence-electron chi connectivity index (χ1n) is 7.88. The molecule has 0 saturated heterocycles. The zero-order valence-corrected chi connectivity index (χ0v) is 14.6. The van der Waals surface area contributed by atoms with E-state index in [4.69, 9.17) is 0 Å². The quantitative estimate of drug-likeness (QED) is 0.616. The van der Waals surface area contributed by atoms with Crippen LogP contribution in [-0.4, -0.2) is 23.1 Å². The van der Waals surface area contributed by atoms with Crippen molar-refractivity contribution in [3.05, 3.63) is 53.5 Å². The molecule has 26 heavy (non-hydrogen) atoms. The molecule has 3 rings (SSSR count). The minimum Gasteiger partial charge on any atom is -0.308 e. The third kappa shape index (κ3) is 3.86. The van der Waals surface area contributed by atoms with Crippen LogP contribution in [0.5, 0.6) is 0 Å². The van der Waals surface area contributed by atoms with Crippen molar-refractivity contribution in [2.45, 2.75) is 13.8 Å². The Labute approximate surface area is 149 Å². The van der Waals surface area contributed by atoms with Crippen molar-refractivity contribution in [1.82, 2.24) is 9.97 Å². The van der Waals surface area contributed by atoms with Gasteiger partial charge in [-0.1, -0.05) is 29.8 Å². The third-order valence-corrected chi connectivity index (χ3v) is 3.69. The number of hydrogen-bond acceptors (Lipinski definition) is 5. The number of carbonyl (C=O) groups excluding carboxylic acids is 1. The first-order chi connectivity index (χ1) is 12.5. The first-order valence-corrected chi connectivity index (χ1v) is 7.88. The molecule has 8 heteroatoms. The summed E-state index contributed by atoms with van der Waals surface area (Å²) in [4.78, 5) is 24.6. The van der Waals surface area contributed by atoms with E-state index in [-0.39, 0.29) is 17.5 Å². The SMILES string of the molecule is CONc1nc(NC(=O)Nc2ccc3cc(C)ccc3c2)nc(C)c1F. The number of halogens is 1. The van der Waals surface area contributed by atoms with Crippen LogP contribution in [0.15, 0.2) is 36.4 Å². The Morgan fingerprint density at radius 1 is 1.04 bits per heavy atom. The van der Waals surface area contributed by atoms with Gasteiger partial charge in [0.05, 0.1) is 12.8 Å². The van der Waals surface area contributed by atoms with Crippen LogP contribution in [-0.2, 0) is 4.84 Å². The molecule has 134 valence electrons. The molecule has 0 spiro atoms. The van der Waals surface area contributed by atoms with E-state index < -0.39 is 11.8 Å². The summed E-state index contributed by atoms with van der Waals surface area (Å²) >= 11 is 0. The fourth-order valence-corrected chi connectivity index (χ4v) is 2.49. The lowest BCUT2D eigenvalue weighted by Crippen LogP contribution is -2.21. The number of nitrogens with one attached hydrogen (secondary N) is 3. The van der Waals surface area contributed by atoms with Gasteiger partial charge in [0, 0.05) is 5.69 Å². The van der Waals surface area contributed by atoms with Crippen LogP contribution in [0, 0.1) is 19.7 Å². The Bertz CT molecular complexity index is 977. The highest BCUT2D eigenvalue weighted by molar-refractivity contribution is 6.00. The Balaban J connectivity index is 1.75. The lowest BCUT2D eigenvalue weighted by Gasteiger charge is -2.10. The van der Waals surface area contributed by atoms with Crippen molar-refractivity contribution < 1.29 is 14.0 Å². The largest absolute Gasteiger partial charge is 0.326 e. The Morgan fingerprint density at radius 2 is 1.77 bits per heavy atom. The van der Waals surface area contributed by atoms with Crippen LogP contribution in [0.4, 0.5) is 26.6 Å². The number of anilines is 3. The van der Waals surface area contributed by atoms with Gasteiger partial charge in [-0.2, -0.15) is 4.98 Å². The van der Waals surface area contributed by atoms with Gasteiger partial charge in [0.15, 0.2) is 11.6 Å². The maximum absolute atomic E-state index is 13.8. The van der Waals surface area contributed by atoms with Crippen LogP contribution >= 0.6 is 0 Å². The number of benzene rings is 2. The molecule has 0 fully saturated rings. The van der Waals surface area contributed by atoms with Gasteiger partial charge in [-0.15, -0.1) is 0 Å². The van der Waals surface area contributed by atoms with Gasteiger partial charge >= 0.3 is 6.03 Å². The van der Waals surface area contributed by atoms with Crippen molar-refractivity contribution in [1.29, 1.82) is 0 Å². The second-order valence-electron chi connectivity index (χ2n) is 5.75. The Hall–Kier alpha value is -3.26. The molecule has 0 aliphatic carbocycles. The summed E-state index contributed by atoms with van der Waals surface area (Å²) in [5.74, 6) is -0.851. The van der Waals surface area contributed by atoms with Crippen molar-refractivity contribution in [2.75, 3.05) is 23.2 Å². The van der Waals surface area contributed by atoms with E-state index >= 15 is 0 Å². The van der Waals surface area contributed by atoms with Crippen LogP contribution in [0.2, 0.25) is 0 Å². The minimum absolute atomic E-state index is 0.0441. The standard InChI is InChI=1S/C18H18FN5O2/c1-10-4-5-13-9-14(7-6-12(13)8-10)21-18(25)23-17-20-11(2)15(19)16(22-17)24-26-3/h4-9H,1-3H3,(H3,20,21,22,23,24,25). The summed E-state index contributed by atoms with van der Waals surface area (Å²) < 4.78 is 13.8. The van der Waals surface area contributed by atoms with Gasteiger partial charge in [0.1, 0.15) is 0 Å². The van der Waals surface area contributed by atoms with E-state index in [2.05, 4.69) is 37.0 Å². The van der Waals surface area contributed by atoms with Gasteiger partial charge < -0.3 is 5.32 Å². The molecule has 3 aromatic rings. The monoisotopic (exact) mass is 355 g/mol. The summed E-state index contributed by atoms with van der Waals surface area (Å²) in [6.45, 7) is 3.49.